The summed E-state index contributed by atoms with van der Waals surface area (Å²) in [6, 6.07) is 11.3. The summed E-state index contributed by atoms with van der Waals surface area (Å²) >= 11 is 0. The molecule has 0 heterocycles. The number of ether oxygens (including phenoxy) is 1. The van der Waals surface area contributed by atoms with Crippen LogP contribution < -0.4 is 15.5 Å². The van der Waals surface area contributed by atoms with E-state index in [0.29, 0.717) is 12.2 Å². The molecule has 0 saturated carbocycles. The van der Waals surface area contributed by atoms with Crippen LogP contribution in [0.3, 0.4) is 0 Å². The first-order chi connectivity index (χ1) is 11.6. The zero-order valence-corrected chi connectivity index (χ0v) is 13.2. The van der Waals surface area contributed by atoms with Crippen LogP contribution in [0.25, 0.3) is 0 Å². The summed E-state index contributed by atoms with van der Waals surface area (Å²) in [7, 11) is 0. The van der Waals surface area contributed by atoms with E-state index in [1.807, 2.05) is 31.2 Å². The van der Waals surface area contributed by atoms with Crippen LogP contribution in [0, 0.1) is 0 Å². The Morgan fingerprint density at radius 3 is 2.62 bits per heavy atom. The number of nitrogens with one attached hydrogen (secondary N) is 2. The number of phenolic OH excluding ortho intramolecular Hbond substituents is 2. The second kappa shape index (κ2) is 8.42. The van der Waals surface area contributed by atoms with Crippen LogP contribution in [-0.4, -0.2) is 35.5 Å². The van der Waals surface area contributed by atoms with Crippen molar-refractivity contribution >= 4 is 17.8 Å². The lowest BCUT2D eigenvalue weighted by Gasteiger charge is -2.07. The molecule has 2 rings (SSSR count). The molecule has 4 N–H and O–H groups in total. The molecule has 0 aliphatic carbocycles. The third kappa shape index (κ3) is 5.20. The maximum atomic E-state index is 11.7. The molecule has 0 unspecified atom stereocenters. The summed E-state index contributed by atoms with van der Waals surface area (Å²) in [4.78, 5) is 11.7. The topological polar surface area (TPSA) is 103 Å². The van der Waals surface area contributed by atoms with Gasteiger partial charge in [-0.1, -0.05) is 0 Å². The Labute approximate surface area is 139 Å². The Kier molecular flexibility index (Phi) is 6.01. The third-order valence-electron chi connectivity index (χ3n) is 3.03. The SMILES string of the molecule is CCOc1ccc(NCC(=O)NN=Cc2ccc(O)cc2O)cc1. The molecule has 2 aromatic rings. The predicted molar refractivity (Wildman–Crippen MR) is 91.6 cm³/mol. The molecule has 24 heavy (non-hydrogen) atoms. The minimum absolute atomic E-state index is 0.0479. The van der Waals surface area contributed by atoms with Crippen LogP contribution in [0.1, 0.15) is 12.5 Å². The Morgan fingerprint density at radius 2 is 1.96 bits per heavy atom. The van der Waals surface area contributed by atoms with Crippen molar-refractivity contribution in [3.05, 3.63) is 48.0 Å². The molecule has 0 saturated heterocycles. The molecule has 7 heteroatoms. The van der Waals surface area contributed by atoms with Gasteiger partial charge in [0, 0.05) is 17.3 Å². The van der Waals surface area contributed by atoms with Crippen LogP contribution in [0.2, 0.25) is 0 Å². The first-order valence-corrected chi connectivity index (χ1v) is 7.39. The monoisotopic (exact) mass is 329 g/mol. The van der Waals surface area contributed by atoms with Gasteiger partial charge in [-0.3, -0.25) is 4.79 Å². The van der Waals surface area contributed by atoms with Gasteiger partial charge in [-0.2, -0.15) is 5.10 Å². The van der Waals surface area contributed by atoms with E-state index in [2.05, 4.69) is 15.8 Å². The van der Waals surface area contributed by atoms with Crippen molar-refractivity contribution < 1.29 is 19.7 Å². The molecule has 0 radical (unpaired) electrons. The van der Waals surface area contributed by atoms with Gasteiger partial charge in [0.25, 0.3) is 5.91 Å². The fourth-order valence-electron chi connectivity index (χ4n) is 1.87. The second-order valence-electron chi connectivity index (χ2n) is 4.85. The number of benzene rings is 2. The molecule has 0 fully saturated rings. The van der Waals surface area contributed by atoms with E-state index >= 15 is 0 Å². The highest BCUT2D eigenvalue weighted by molar-refractivity contribution is 5.86. The van der Waals surface area contributed by atoms with E-state index in [9.17, 15) is 15.0 Å². The van der Waals surface area contributed by atoms with Crippen LogP contribution >= 0.6 is 0 Å². The molecule has 0 aliphatic heterocycles. The van der Waals surface area contributed by atoms with Gasteiger partial charge in [-0.15, -0.1) is 0 Å². The van der Waals surface area contributed by atoms with Crippen molar-refractivity contribution in [2.24, 2.45) is 5.10 Å². The first kappa shape index (κ1) is 17.1. The van der Waals surface area contributed by atoms with Crippen molar-refractivity contribution in [2.75, 3.05) is 18.5 Å². The average Bonchev–Trinajstić information content (AvgIpc) is 2.56. The summed E-state index contributed by atoms with van der Waals surface area (Å²) in [6.07, 6.45) is 1.30. The number of aromatic hydroxyl groups is 2. The molecule has 0 bridgehead atoms. The number of carbonyl (C=O) groups excluding carboxylic acids is 1. The number of amides is 1. The quantitative estimate of drug-likeness (QED) is 0.460. The lowest BCUT2D eigenvalue weighted by atomic mass is 10.2. The van der Waals surface area contributed by atoms with Crippen LogP contribution in [0.5, 0.6) is 17.2 Å². The van der Waals surface area contributed by atoms with Crippen LogP contribution in [-0.2, 0) is 4.79 Å². The van der Waals surface area contributed by atoms with Gasteiger partial charge in [-0.05, 0) is 43.3 Å². The van der Waals surface area contributed by atoms with Gasteiger partial charge in [-0.25, -0.2) is 5.43 Å². The molecule has 0 spiro atoms. The summed E-state index contributed by atoms with van der Waals surface area (Å²) in [5.41, 5.74) is 3.51. The number of hydrogen-bond donors (Lipinski definition) is 4. The maximum Gasteiger partial charge on any atom is 0.259 e. The number of hydrogen-bond acceptors (Lipinski definition) is 6. The fourth-order valence-corrected chi connectivity index (χ4v) is 1.87. The van der Waals surface area contributed by atoms with Gasteiger partial charge in [0.2, 0.25) is 0 Å². The molecule has 0 atom stereocenters. The summed E-state index contributed by atoms with van der Waals surface area (Å²) < 4.78 is 5.34. The van der Waals surface area contributed by atoms with E-state index in [-0.39, 0.29) is 24.0 Å². The highest BCUT2D eigenvalue weighted by Gasteiger charge is 2.02. The normalized spacial score (nSPS) is 10.5. The van der Waals surface area contributed by atoms with E-state index in [0.717, 1.165) is 11.4 Å². The van der Waals surface area contributed by atoms with Crippen LogP contribution in [0.15, 0.2) is 47.6 Å². The molecule has 0 aliphatic rings. The predicted octanol–water partition coefficient (Wildman–Crippen LogP) is 2.06. The Hall–Kier alpha value is -3.22. The van der Waals surface area contributed by atoms with Crippen molar-refractivity contribution in [1.29, 1.82) is 0 Å². The first-order valence-electron chi connectivity index (χ1n) is 7.39. The zero-order chi connectivity index (χ0) is 17.4. The molecule has 126 valence electrons. The summed E-state index contributed by atoms with van der Waals surface area (Å²) in [5, 5.41) is 25.5. The van der Waals surface area contributed by atoms with Crippen molar-refractivity contribution in [2.45, 2.75) is 6.92 Å². The fraction of sp³-hybridized carbons (Fsp3) is 0.176. The number of hydrazone groups is 1. The molecular weight excluding hydrogens is 310 g/mol. The van der Waals surface area contributed by atoms with Crippen molar-refractivity contribution in [3.63, 3.8) is 0 Å². The van der Waals surface area contributed by atoms with Crippen LogP contribution in [0.4, 0.5) is 5.69 Å². The minimum Gasteiger partial charge on any atom is -0.508 e. The lowest BCUT2D eigenvalue weighted by Crippen LogP contribution is -2.25. The van der Waals surface area contributed by atoms with E-state index in [4.69, 9.17) is 4.74 Å². The van der Waals surface area contributed by atoms with Gasteiger partial charge < -0.3 is 20.3 Å². The molecule has 7 nitrogen and oxygen atoms in total. The number of carbonyl (C=O) groups is 1. The number of anilines is 1. The van der Waals surface area contributed by atoms with E-state index in [1.54, 1.807) is 0 Å². The van der Waals surface area contributed by atoms with Crippen molar-refractivity contribution in [1.82, 2.24) is 5.43 Å². The number of rotatable bonds is 7. The highest BCUT2D eigenvalue weighted by Crippen LogP contribution is 2.20. The standard InChI is InChI=1S/C17H19N3O4/c1-2-24-15-7-4-13(5-8-15)18-11-17(23)20-19-10-12-3-6-14(21)9-16(12)22/h3-10,18,21-22H,2,11H2,1H3,(H,20,23). The van der Waals surface area contributed by atoms with Gasteiger partial charge in [0.05, 0.1) is 19.4 Å². The van der Waals surface area contributed by atoms with Crippen molar-refractivity contribution in [3.8, 4) is 17.2 Å². The second-order valence-corrected chi connectivity index (χ2v) is 4.85. The summed E-state index contributed by atoms with van der Waals surface area (Å²) in [6.45, 7) is 2.56. The van der Waals surface area contributed by atoms with Gasteiger partial charge >= 0.3 is 0 Å². The highest BCUT2D eigenvalue weighted by atomic mass is 16.5. The third-order valence-corrected chi connectivity index (χ3v) is 3.03. The Balaban J connectivity index is 1.79. The van der Waals surface area contributed by atoms with Gasteiger partial charge in [0.15, 0.2) is 0 Å². The summed E-state index contributed by atoms with van der Waals surface area (Å²) in [5.74, 6) is 0.262. The molecule has 0 aromatic heterocycles. The zero-order valence-electron chi connectivity index (χ0n) is 13.2. The minimum atomic E-state index is -0.335. The number of phenols is 2. The Bertz CT molecular complexity index is 714. The van der Waals surface area contributed by atoms with E-state index < -0.39 is 0 Å². The lowest BCUT2D eigenvalue weighted by molar-refractivity contribution is -0.119. The molecule has 2 aromatic carbocycles. The molecular formula is C17H19N3O4. The molecule has 1 amide bonds. The average molecular weight is 329 g/mol. The smallest absolute Gasteiger partial charge is 0.259 e. The number of nitrogens with zero attached hydrogens (tertiary/aromatic N) is 1. The van der Waals surface area contributed by atoms with Gasteiger partial charge in [0.1, 0.15) is 17.2 Å². The largest absolute Gasteiger partial charge is 0.508 e. The van der Waals surface area contributed by atoms with E-state index in [1.165, 1.54) is 24.4 Å². The maximum absolute atomic E-state index is 11.7. The Morgan fingerprint density at radius 1 is 1.21 bits per heavy atom.